The van der Waals surface area contributed by atoms with Gasteiger partial charge in [-0.1, -0.05) is 63.1 Å². The van der Waals surface area contributed by atoms with Crippen LogP contribution < -0.4 is 25.0 Å². The molecule has 2 aliphatic carbocycles. The van der Waals surface area contributed by atoms with Crippen LogP contribution in [0, 0.1) is 34.2 Å². The first kappa shape index (κ1) is 59.4. The molecule has 3 saturated heterocycles. The van der Waals surface area contributed by atoms with Crippen molar-refractivity contribution in [3.8, 4) is 40.9 Å². The van der Waals surface area contributed by atoms with Gasteiger partial charge in [-0.05, 0) is 84.1 Å². The SMILES string of the molecule is COC(=O)NC1=C2/C(=C\CSSSC)[C@](O)(C#C/C=C\C#C[C@@H]2O[C@@H]2O[C@H](C)[C@@H](NO[C@H]3C[C@H](O)[C@H](SC(=O)c4c(C)c(I)c(O[C@@H]5O[C@@H](C)[C@H](O)[C@@H](OC)[C@H]5O)c(OC)c4OC)[C@@H](C)O3)[C@H](O)[C@H]2O)CC1=O. The third kappa shape index (κ3) is 13.3. The quantitative estimate of drug-likeness (QED) is 0.0365. The van der Waals surface area contributed by atoms with Crippen LogP contribution in [0.3, 0.4) is 0 Å². The topological polar surface area (TPSA) is 289 Å². The number of fused-ring (bicyclic) bond motifs is 2. The Morgan fingerprint density at radius 2 is 1.62 bits per heavy atom. The summed E-state index contributed by atoms with van der Waals surface area (Å²) < 4.78 is 52.4. The van der Waals surface area contributed by atoms with Gasteiger partial charge in [0.1, 0.15) is 36.6 Å². The molecule has 0 unspecified atom stereocenters. The van der Waals surface area contributed by atoms with Gasteiger partial charge in [0, 0.05) is 30.4 Å². The standard InChI is InChI=1S/C47H59IN2O19S4/c1-20-29(38(60-5)41(62-7)39(31(20)48)68-45-37(56)40(61-6)34(53)22(3)66-45)43(57)72-42-23(4)64-28(18-25(42)51)69-50-32-21(2)65-44(36(55)35(32)54)67-27-14-12-10-11-13-16-47(59)19-26(52)33(49-46(58)63-8)30(27)24(47)15-17-71-73-70-9/h10-11,15,21-23,25,27-28,32,34-37,40,42,44-45,50-51,53-56,59H,17-19H2,1-9H3,(H,49,58)/b11-10-,24-15+/t21-,22+,23-,25+,27+,28+,32-,34+,35+,36-,37-,40-,42-,44+,45+,47+/m1/s1. The van der Waals surface area contributed by atoms with Gasteiger partial charge in [-0.25, -0.2) is 4.79 Å². The van der Waals surface area contributed by atoms with Crippen LogP contribution in [0.25, 0.3) is 0 Å². The summed E-state index contributed by atoms with van der Waals surface area (Å²) in [4.78, 5) is 46.4. The average molecular weight is 1210 g/mol. The fourth-order valence-corrected chi connectivity index (χ4v) is 12.8. The Morgan fingerprint density at radius 3 is 2.27 bits per heavy atom. The maximum atomic E-state index is 14.2. The molecule has 0 aromatic heterocycles. The van der Waals surface area contributed by atoms with Crippen LogP contribution in [-0.4, -0.2) is 185 Å². The molecule has 8 N–H and O–H groups in total. The number of nitrogens with one attached hydrogen (secondary N) is 2. The molecule has 5 aliphatic rings. The number of thioether (sulfide) groups is 1. The molecule has 402 valence electrons. The summed E-state index contributed by atoms with van der Waals surface area (Å²) in [5.74, 6) is 10.9. The number of alkyl carbamates (subject to hydrolysis) is 1. The first-order valence-corrected chi connectivity index (χ1v) is 28.6. The number of aliphatic hydroxyl groups excluding tert-OH is 5. The molecule has 3 aliphatic heterocycles. The summed E-state index contributed by atoms with van der Waals surface area (Å²) in [6.45, 7) is 6.50. The Morgan fingerprint density at radius 1 is 0.918 bits per heavy atom. The monoisotopic (exact) mass is 1210 g/mol. The van der Waals surface area contributed by atoms with E-state index in [1.807, 2.05) is 28.8 Å². The number of carbonyl (C=O) groups excluding carboxylic acids is 3. The van der Waals surface area contributed by atoms with Crippen molar-refractivity contribution in [2.24, 2.45) is 0 Å². The second kappa shape index (κ2) is 26.5. The fraction of sp³-hybridized carbons (Fsp3) is 0.596. The molecule has 6 rings (SSSR count). The number of Topliss-reactive ketones (excluding diaryl/α,β-unsaturated/α-hetero) is 1. The van der Waals surface area contributed by atoms with Gasteiger partial charge >= 0.3 is 6.09 Å². The van der Waals surface area contributed by atoms with E-state index in [0.717, 1.165) is 18.9 Å². The average Bonchev–Trinajstić information content (AvgIpc) is 3.35. The van der Waals surface area contributed by atoms with Gasteiger partial charge in [0.05, 0.1) is 78.3 Å². The van der Waals surface area contributed by atoms with Crippen molar-refractivity contribution in [1.82, 2.24) is 10.8 Å². The molecule has 2 bridgehead atoms. The van der Waals surface area contributed by atoms with E-state index in [-0.39, 0.29) is 46.1 Å². The van der Waals surface area contributed by atoms with Gasteiger partial charge in [0.2, 0.25) is 17.2 Å². The van der Waals surface area contributed by atoms with Gasteiger partial charge in [-0.3, -0.25) is 19.7 Å². The highest BCUT2D eigenvalue weighted by molar-refractivity contribution is 14.1. The number of carbonyl (C=O) groups is 3. The highest BCUT2D eigenvalue weighted by Crippen LogP contribution is 2.49. The summed E-state index contributed by atoms with van der Waals surface area (Å²) in [5.41, 5.74) is 1.06. The molecule has 1 amide bonds. The van der Waals surface area contributed by atoms with E-state index in [0.29, 0.717) is 14.9 Å². The zero-order valence-corrected chi connectivity index (χ0v) is 46.4. The van der Waals surface area contributed by atoms with Gasteiger partial charge in [0.15, 0.2) is 35.5 Å². The molecule has 16 atom stereocenters. The molecule has 3 heterocycles. The third-order valence-corrected chi connectivity index (χ3v) is 18.8. The fourth-order valence-electron chi connectivity index (χ4n) is 8.64. The van der Waals surface area contributed by atoms with Crippen molar-refractivity contribution in [3.05, 3.63) is 49.8 Å². The Balaban J connectivity index is 1.14. The van der Waals surface area contributed by atoms with Crippen molar-refractivity contribution in [1.29, 1.82) is 0 Å². The maximum absolute atomic E-state index is 14.2. The summed E-state index contributed by atoms with van der Waals surface area (Å²) >= 11 is 2.80. The van der Waals surface area contributed by atoms with E-state index in [1.54, 1.807) is 33.8 Å². The van der Waals surface area contributed by atoms with Gasteiger partial charge < -0.3 is 73.3 Å². The summed E-state index contributed by atoms with van der Waals surface area (Å²) in [7, 11) is 9.60. The molecule has 3 fully saturated rings. The number of ether oxygens (including phenoxy) is 9. The number of hydroxylamine groups is 1. The van der Waals surface area contributed by atoms with Crippen LogP contribution in [0.2, 0.25) is 0 Å². The molecule has 26 heteroatoms. The summed E-state index contributed by atoms with van der Waals surface area (Å²) in [5, 5.41) is 69.0. The zero-order chi connectivity index (χ0) is 53.5. The van der Waals surface area contributed by atoms with Crippen molar-refractivity contribution < 1.29 is 92.5 Å². The van der Waals surface area contributed by atoms with Crippen LogP contribution in [0.15, 0.2) is 35.1 Å². The number of ketones is 1. The molecule has 0 radical (unpaired) electrons. The molecule has 73 heavy (non-hydrogen) atoms. The number of benzene rings is 1. The number of rotatable bonds is 17. The first-order chi connectivity index (χ1) is 34.7. The predicted molar refractivity (Wildman–Crippen MR) is 278 cm³/mol. The minimum Gasteiger partial charge on any atom is -0.492 e. The molecule has 0 saturated carbocycles. The Labute approximate surface area is 451 Å². The van der Waals surface area contributed by atoms with Crippen LogP contribution in [-0.2, 0) is 38.1 Å². The smallest absolute Gasteiger partial charge is 0.411 e. The Bertz CT molecular complexity index is 2420. The highest BCUT2D eigenvalue weighted by atomic mass is 127. The third-order valence-electron chi connectivity index (χ3n) is 12.4. The molecule has 1 aromatic rings. The van der Waals surface area contributed by atoms with E-state index in [1.165, 1.54) is 64.9 Å². The number of amides is 1. The van der Waals surface area contributed by atoms with Crippen molar-refractivity contribution in [2.45, 2.75) is 137 Å². The van der Waals surface area contributed by atoms with E-state index in [4.69, 9.17) is 47.5 Å². The summed E-state index contributed by atoms with van der Waals surface area (Å²) in [6.07, 6.45) is -11.4. The van der Waals surface area contributed by atoms with E-state index in [2.05, 4.69) is 34.5 Å². The van der Waals surface area contributed by atoms with Crippen molar-refractivity contribution in [3.63, 3.8) is 0 Å². The lowest BCUT2D eigenvalue weighted by molar-refractivity contribution is -0.301. The number of allylic oxidation sites excluding steroid dienone is 3. The lowest BCUT2D eigenvalue weighted by Gasteiger charge is -2.44. The van der Waals surface area contributed by atoms with Gasteiger partial charge in [0.25, 0.3) is 0 Å². The largest absolute Gasteiger partial charge is 0.492 e. The minimum absolute atomic E-state index is 0.0254. The number of hydrogen-bond acceptors (Lipinski definition) is 24. The molecular weight excluding hydrogens is 1150 g/mol. The molecule has 0 spiro atoms. The molecule has 1 aromatic carbocycles. The predicted octanol–water partition coefficient (Wildman–Crippen LogP) is 2.43. The number of hydrogen-bond donors (Lipinski definition) is 8. The summed E-state index contributed by atoms with van der Waals surface area (Å²) in [6, 6.07) is -1.12. The molecular formula is C47H59IN2O19S4. The molecule has 21 nitrogen and oxygen atoms in total. The Kier molecular flexibility index (Phi) is 21.6. The normalized spacial score (nSPS) is 35.2. The second-order valence-corrected chi connectivity index (χ2v) is 23.6. The van der Waals surface area contributed by atoms with Crippen LogP contribution >= 0.6 is 65.8 Å². The van der Waals surface area contributed by atoms with E-state index < -0.39 is 120 Å². The van der Waals surface area contributed by atoms with Gasteiger partial charge in [-0.15, -0.1) is 0 Å². The van der Waals surface area contributed by atoms with Crippen molar-refractivity contribution >= 4 is 82.8 Å². The van der Waals surface area contributed by atoms with Crippen LogP contribution in [0.4, 0.5) is 4.79 Å². The lowest BCUT2D eigenvalue weighted by Crippen LogP contribution is -2.63. The second-order valence-electron chi connectivity index (χ2n) is 17.0. The minimum atomic E-state index is -2.03. The van der Waals surface area contributed by atoms with Crippen molar-refractivity contribution in [2.75, 3.05) is 40.4 Å². The lowest BCUT2D eigenvalue weighted by atomic mass is 9.75. The Hall–Kier alpha value is -2.82. The highest BCUT2D eigenvalue weighted by Gasteiger charge is 2.50. The number of aliphatic hydroxyl groups is 6. The van der Waals surface area contributed by atoms with Crippen LogP contribution in [0.1, 0.15) is 49.5 Å². The zero-order valence-electron chi connectivity index (χ0n) is 41.0. The first-order valence-electron chi connectivity index (χ1n) is 22.6. The number of halogens is 1. The van der Waals surface area contributed by atoms with E-state index >= 15 is 0 Å². The number of methoxy groups -OCH3 is 4. The van der Waals surface area contributed by atoms with E-state index in [9.17, 15) is 45.0 Å². The maximum Gasteiger partial charge on any atom is 0.411 e. The van der Waals surface area contributed by atoms with Gasteiger partial charge in [-0.2, -0.15) is 5.48 Å². The van der Waals surface area contributed by atoms with Crippen LogP contribution in [0.5, 0.6) is 17.2 Å².